The van der Waals surface area contributed by atoms with Gasteiger partial charge in [0, 0.05) is 19.2 Å². The van der Waals surface area contributed by atoms with E-state index in [-0.39, 0.29) is 24.8 Å². The van der Waals surface area contributed by atoms with Gasteiger partial charge in [-0.1, -0.05) is 0 Å². The molecule has 1 saturated heterocycles. The number of carboxylic acid groups (broad SMARTS) is 1. The number of rotatable bonds is 5. The summed E-state index contributed by atoms with van der Waals surface area (Å²) in [5, 5.41) is 12.0. The highest BCUT2D eigenvalue weighted by Crippen LogP contribution is 2.26. The molecule has 7 nitrogen and oxygen atoms in total. The van der Waals surface area contributed by atoms with Gasteiger partial charge >= 0.3 is 5.97 Å². The lowest BCUT2D eigenvalue weighted by Gasteiger charge is -2.36. The number of hydrogen-bond acceptors (Lipinski definition) is 4. The summed E-state index contributed by atoms with van der Waals surface area (Å²) in [5.74, 6) is -1.31. The van der Waals surface area contributed by atoms with Crippen LogP contribution in [0.25, 0.3) is 0 Å². The number of ether oxygens (including phenoxy) is 1. The van der Waals surface area contributed by atoms with Gasteiger partial charge < -0.3 is 20.1 Å². The Labute approximate surface area is 147 Å². The molecule has 1 aromatic rings. The molecule has 136 valence electrons. The Balaban J connectivity index is 2.27. The van der Waals surface area contributed by atoms with Gasteiger partial charge in [0.2, 0.25) is 5.91 Å². The zero-order valence-electron chi connectivity index (χ0n) is 14.7. The lowest BCUT2D eigenvalue weighted by atomic mass is 9.91. The first kappa shape index (κ1) is 18.8. The van der Waals surface area contributed by atoms with Crippen molar-refractivity contribution in [3.8, 4) is 5.75 Å². The SMILES string of the molecule is CCOc1ccc(C(=O)N2C[C@@H](C(=O)NC)CC[C@H]2C(=O)O)cc1C. The van der Waals surface area contributed by atoms with Gasteiger partial charge in [-0.05, 0) is 50.5 Å². The fraction of sp³-hybridized carbons (Fsp3) is 0.500. The largest absolute Gasteiger partial charge is 0.494 e. The first-order chi connectivity index (χ1) is 11.9. The summed E-state index contributed by atoms with van der Waals surface area (Å²) in [6, 6.07) is 4.11. The lowest BCUT2D eigenvalue weighted by molar-refractivity contribution is -0.145. The second-order valence-corrected chi connectivity index (χ2v) is 6.11. The van der Waals surface area contributed by atoms with Crippen LogP contribution in [0.15, 0.2) is 18.2 Å². The molecule has 0 unspecified atom stereocenters. The summed E-state index contributed by atoms with van der Waals surface area (Å²) in [5.41, 5.74) is 1.20. The maximum Gasteiger partial charge on any atom is 0.326 e. The number of nitrogens with one attached hydrogen (secondary N) is 1. The predicted octanol–water partition coefficient (Wildman–Crippen LogP) is 1.45. The first-order valence-corrected chi connectivity index (χ1v) is 8.37. The molecule has 0 radical (unpaired) electrons. The Morgan fingerprint density at radius 2 is 2.04 bits per heavy atom. The Hall–Kier alpha value is -2.57. The quantitative estimate of drug-likeness (QED) is 0.839. The Morgan fingerprint density at radius 1 is 1.32 bits per heavy atom. The number of likely N-dealkylation sites (tertiary alicyclic amines) is 1. The molecule has 2 amide bonds. The molecular formula is C18H24N2O5. The van der Waals surface area contributed by atoms with Gasteiger partial charge in [0.1, 0.15) is 11.8 Å². The van der Waals surface area contributed by atoms with Crippen molar-refractivity contribution in [3.63, 3.8) is 0 Å². The summed E-state index contributed by atoms with van der Waals surface area (Å²) in [6.45, 7) is 4.33. The van der Waals surface area contributed by atoms with E-state index in [1.54, 1.807) is 18.2 Å². The maximum atomic E-state index is 12.9. The van der Waals surface area contributed by atoms with E-state index < -0.39 is 17.9 Å². The Morgan fingerprint density at radius 3 is 2.60 bits per heavy atom. The average Bonchev–Trinajstić information content (AvgIpc) is 2.61. The molecular weight excluding hydrogens is 324 g/mol. The third-order valence-electron chi connectivity index (χ3n) is 4.47. The van der Waals surface area contributed by atoms with Crippen LogP contribution in [-0.4, -0.2) is 54.0 Å². The second-order valence-electron chi connectivity index (χ2n) is 6.11. The van der Waals surface area contributed by atoms with E-state index >= 15 is 0 Å². The van der Waals surface area contributed by atoms with E-state index in [2.05, 4.69) is 5.32 Å². The summed E-state index contributed by atoms with van der Waals surface area (Å²) >= 11 is 0. The molecule has 1 aromatic carbocycles. The van der Waals surface area contributed by atoms with E-state index in [9.17, 15) is 19.5 Å². The van der Waals surface area contributed by atoms with Gasteiger partial charge in [0.05, 0.1) is 12.5 Å². The molecule has 1 fully saturated rings. The minimum absolute atomic E-state index is 0.0989. The minimum atomic E-state index is -1.05. The van der Waals surface area contributed by atoms with Crippen LogP contribution in [0.4, 0.5) is 0 Å². The number of aliphatic carboxylic acids is 1. The molecule has 0 saturated carbocycles. The van der Waals surface area contributed by atoms with Crippen LogP contribution in [-0.2, 0) is 9.59 Å². The van der Waals surface area contributed by atoms with Gasteiger partial charge in [-0.2, -0.15) is 0 Å². The highest BCUT2D eigenvalue weighted by atomic mass is 16.5. The van der Waals surface area contributed by atoms with Crippen LogP contribution in [0.2, 0.25) is 0 Å². The smallest absolute Gasteiger partial charge is 0.326 e. The van der Waals surface area contributed by atoms with Crippen molar-refractivity contribution < 1.29 is 24.2 Å². The molecule has 0 aromatic heterocycles. The second kappa shape index (κ2) is 8.00. The lowest BCUT2D eigenvalue weighted by Crippen LogP contribution is -2.53. The van der Waals surface area contributed by atoms with E-state index in [0.717, 1.165) is 5.56 Å². The van der Waals surface area contributed by atoms with Gasteiger partial charge in [-0.3, -0.25) is 9.59 Å². The summed E-state index contributed by atoms with van der Waals surface area (Å²) < 4.78 is 5.47. The molecule has 0 spiro atoms. The van der Waals surface area contributed by atoms with Crippen LogP contribution < -0.4 is 10.1 Å². The first-order valence-electron chi connectivity index (χ1n) is 8.37. The van der Waals surface area contributed by atoms with E-state index in [1.165, 1.54) is 11.9 Å². The van der Waals surface area contributed by atoms with E-state index in [4.69, 9.17) is 4.74 Å². The predicted molar refractivity (Wildman–Crippen MR) is 91.6 cm³/mol. The van der Waals surface area contributed by atoms with Crippen molar-refractivity contribution >= 4 is 17.8 Å². The Bertz CT molecular complexity index is 673. The molecule has 7 heteroatoms. The van der Waals surface area contributed by atoms with Crippen molar-refractivity contribution in [3.05, 3.63) is 29.3 Å². The molecule has 2 rings (SSSR count). The van der Waals surface area contributed by atoms with Gasteiger partial charge in [-0.15, -0.1) is 0 Å². The van der Waals surface area contributed by atoms with Gasteiger partial charge in [0.25, 0.3) is 5.91 Å². The number of aryl methyl sites for hydroxylation is 1. The monoisotopic (exact) mass is 348 g/mol. The summed E-state index contributed by atoms with van der Waals surface area (Å²) in [7, 11) is 1.54. The zero-order valence-corrected chi connectivity index (χ0v) is 14.7. The normalized spacial score (nSPS) is 20.0. The summed E-state index contributed by atoms with van der Waals surface area (Å²) in [6.07, 6.45) is 0.706. The van der Waals surface area contributed by atoms with Crippen molar-refractivity contribution in [2.45, 2.75) is 32.7 Å². The number of benzene rings is 1. The van der Waals surface area contributed by atoms with Crippen LogP contribution in [0.5, 0.6) is 5.75 Å². The molecule has 0 bridgehead atoms. The van der Waals surface area contributed by atoms with Crippen molar-refractivity contribution in [1.82, 2.24) is 10.2 Å². The number of carbonyl (C=O) groups excluding carboxylic acids is 2. The number of carbonyl (C=O) groups is 3. The van der Waals surface area contributed by atoms with Gasteiger partial charge in [0.15, 0.2) is 0 Å². The third kappa shape index (κ3) is 4.10. The Kier molecular flexibility index (Phi) is 6.01. The number of amides is 2. The fourth-order valence-electron chi connectivity index (χ4n) is 3.14. The van der Waals surface area contributed by atoms with Crippen molar-refractivity contribution in [2.24, 2.45) is 5.92 Å². The molecule has 1 aliphatic rings. The molecule has 2 N–H and O–H groups in total. The van der Waals surface area contributed by atoms with Crippen LogP contribution in [0, 0.1) is 12.8 Å². The molecule has 0 aliphatic carbocycles. The molecule has 25 heavy (non-hydrogen) atoms. The topological polar surface area (TPSA) is 95.9 Å². The van der Waals surface area contributed by atoms with Crippen molar-refractivity contribution in [1.29, 1.82) is 0 Å². The van der Waals surface area contributed by atoms with Crippen molar-refractivity contribution in [2.75, 3.05) is 20.2 Å². The van der Waals surface area contributed by atoms with E-state index in [1.807, 2.05) is 13.8 Å². The van der Waals surface area contributed by atoms with E-state index in [0.29, 0.717) is 24.3 Å². The minimum Gasteiger partial charge on any atom is -0.494 e. The molecule has 2 atom stereocenters. The zero-order chi connectivity index (χ0) is 18.6. The molecule has 1 aliphatic heterocycles. The average molecular weight is 348 g/mol. The number of piperidine rings is 1. The third-order valence-corrected chi connectivity index (χ3v) is 4.47. The number of carboxylic acids is 1. The standard InChI is InChI=1S/C18H24N2O5/c1-4-25-15-8-6-12(9-11(15)2)17(22)20-10-13(16(21)19-3)5-7-14(20)18(23)24/h6,8-9,13-14H,4-5,7,10H2,1-3H3,(H,19,21)(H,23,24)/t13-,14-/m0/s1. The van der Waals surface area contributed by atoms with Crippen LogP contribution in [0.1, 0.15) is 35.7 Å². The highest BCUT2D eigenvalue weighted by Gasteiger charge is 2.38. The fourth-order valence-corrected chi connectivity index (χ4v) is 3.14. The number of nitrogens with zero attached hydrogens (tertiary/aromatic N) is 1. The maximum absolute atomic E-state index is 12.9. The molecule has 1 heterocycles. The summed E-state index contributed by atoms with van der Waals surface area (Å²) in [4.78, 5) is 37.6. The van der Waals surface area contributed by atoms with Crippen LogP contribution >= 0.6 is 0 Å². The highest BCUT2D eigenvalue weighted by molar-refractivity contribution is 5.97. The van der Waals surface area contributed by atoms with Crippen LogP contribution in [0.3, 0.4) is 0 Å². The number of hydrogen-bond donors (Lipinski definition) is 2. The van der Waals surface area contributed by atoms with Gasteiger partial charge in [-0.25, -0.2) is 4.79 Å².